The molecule has 0 saturated carbocycles. The highest BCUT2D eigenvalue weighted by Crippen LogP contribution is 2.22. The van der Waals surface area contributed by atoms with E-state index >= 15 is 0 Å². The second-order valence-corrected chi connectivity index (χ2v) is 3.95. The molecule has 0 aliphatic heterocycles. The number of fused-ring (bicyclic) bond motifs is 1. The van der Waals surface area contributed by atoms with E-state index in [1.54, 1.807) is 12.1 Å². The molecule has 5 heteroatoms. The van der Waals surface area contributed by atoms with Crippen molar-refractivity contribution in [2.45, 2.75) is 0 Å². The van der Waals surface area contributed by atoms with Crippen LogP contribution in [0.25, 0.3) is 22.6 Å². The number of rotatable bonds is 2. The Labute approximate surface area is 104 Å². The van der Waals surface area contributed by atoms with Crippen LogP contribution in [-0.2, 0) is 0 Å². The summed E-state index contributed by atoms with van der Waals surface area (Å²) in [6.07, 6.45) is 0. The molecule has 0 spiro atoms. The Balaban J connectivity index is 2.10. The summed E-state index contributed by atoms with van der Waals surface area (Å²) >= 11 is 0. The maximum absolute atomic E-state index is 9.26. The lowest BCUT2D eigenvalue weighted by Crippen LogP contribution is -1.91. The minimum Gasteiger partial charge on any atom is -0.508 e. The van der Waals surface area contributed by atoms with E-state index in [1.807, 2.05) is 31.3 Å². The standard InChI is InChI=1S/C13H12N4O/c1-14-11-7-6-10-13(16-11)17-12(15-10)8-2-4-9(18)5-3-8/h2-7,18H,1H3,(H2,14,15,16,17). The van der Waals surface area contributed by atoms with Crippen LogP contribution in [0.2, 0.25) is 0 Å². The quantitative estimate of drug-likeness (QED) is 0.643. The monoisotopic (exact) mass is 240 g/mol. The molecular formula is C13H12N4O. The van der Waals surface area contributed by atoms with Gasteiger partial charge in [0.25, 0.3) is 0 Å². The molecule has 2 aromatic heterocycles. The van der Waals surface area contributed by atoms with Crippen molar-refractivity contribution in [3.05, 3.63) is 36.4 Å². The zero-order chi connectivity index (χ0) is 12.5. The molecule has 2 heterocycles. The van der Waals surface area contributed by atoms with E-state index in [1.165, 1.54) is 0 Å². The van der Waals surface area contributed by atoms with E-state index in [2.05, 4.69) is 20.3 Å². The first-order chi connectivity index (χ1) is 8.76. The number of phenolic OH excluding ortho intramolecular Hbond substituents is 1. The number of nitrogens with one attached hydrogen (secondary N) is 2. The van der Waals surface area contributed by atoms with E-state index < -0.39 is 0 Å². The Morgan fingerprint density at radius 2 is 1.83 bits per heavy atom. The van der Waals surface area contributed by atoms with Gasteiger partial charge in [-0.25, -0.2) is 9.97 Å². The van der Waals surface area contributed by atoms with Crippen molar-refractivity contribution in [3.63, 3.8) is 0 Å². The van der Waals surface area contributed by atoms with Gasteiger partial charge in [-0.05, 0) is 36.4 Å². The molecule has 0 unspecified atom stereocenters. The van der Waals surface area contributed by atoms with Gasteiger partial charge >= 0.3 is 0 Å². The third kappa shape index (κ3) is 1.75. The van der Waals surface area contributed by atoms with Crippen LogP contribution in [0.15, 0.2) is 36.4 Å². The number of hydrogen-bond acceptors (Lipinski definition) is 4. The average molecular weight is 240 g/mol. The second kappa shape index (κ2) is 4.03. The molecule has 0 aliphatic rings. The van der Waals surface area contributed by atoms with Gasteiger partial charge in [-0.2, -0.15) is 0 Å². The van der Waals surface area contributed by atoms with Gasteiger partial charge in [0.05, 0.1) is 5.52 Å². The fraction of sp³-hybridized carbons (Fsp3) is 0.0769. The van der Waals surface area contributed by atoms with E-state index in [-0.39, 0.29) is 5.75 Å². The summed E-state index contributed by atoms with van der Waals surface area (Å²) in [5.41, 5.74) is 2.47. The number of pyridine rings is 1. The van der Waals surface area contributed by atoms with Crippen molar-refractivity contribution in [3.8, 4) is 17.1 Å². The average Bonchev–Trinajstić information content (AvgIpc) is 2.82. The van der Waals surface area contributed by atoms with E-state index in [0.29, 0.717) is 5.65 Å². The Morgan fingerprint density at radius 3 is 2.56 bits per heavy atom. The number of nitrogens with zero attached hydrogens (tertiary/aromatic N) is 2. The molecule has 0 aliphatic carbocycles. The predicted octanol–water partition coefficient (Wildman–Crippen LogP) is 2.37. The van der Waals surface area contributed by atoms with Crippen LogP contribution in [0.1, 0.15) is 0 Å². The highest BCUT2D eigenvalue weighted by Gasteiger charge is 2.06. The Bertz CT molecular complexity index is 688. The molecule has 5 nitrogen and oxygen atoms in total. The van der Waals surface area contributed by atoms with Crippen LogP contribution < -0.4 is 5.32 Å². The predicted molar refractivity (Wildman–Crippen MR) is 70.5 cm³/mol. The summed E-state index contributed by atoms with van der Waals surface area (Å²) < 4.78 is 0. The van der Waals surface area contributed by atoms with Crippen LogP contribution in [0, 0.1) is 0 Å². The van der Waals surface area contributed by atoms with Gasteiger partial charge in [-0.3, -0.25) is 0 Å². The number of phenols is 1. The van der Waals surface area contributed by atoms with Crippen LogP contribution >= 0.6 is 0 Å². The van der Waals surface area contributed by atoms with Gasteiger partial charge in [0, 0.05) is 12.6 Å². The number of imidazole rings is 1. The molecule has 3 rings (SSSR count). The van der Waals surface area contributed by atoms with E-state index in [4.69, 9.17) is 0 Å². The lowest BCUT2D eigenvalue weighted by molar-refractivity contribution is 0.475. The Kier molecular flexibility index (Phi) is 2.37. The minimum atomic E-state index is 0.241. The zero-order valence-electron chi connectivity index (χ0n) is 9.81. The van der Waals surface area contributed by atoms with Crippen LogP contribution in [-0.4, -0.2) is 27.1 Å². The molecule has 0 radical (unpaired) electrons. The normalized spacial score (nSPS) is 10.7. The van der Waals surface area contributed by atoms with Crippen molar-refractivity contribution < 1.29 is 5.11 Å². The zero-order valence-corrected chi connectivity index (χ0v) is 9.81. The molecule has 3 N–H and O–H groups in total. The first-order valence-electron chi connectivity index (χ1n) is 5.60. The van der Waals surface area contributed by atoms with Crippen LogP contribution in [0.5, 0.6) is 5.75 Å². The lowest BCUT2D eigenvalue weighted by Gasteiger charge is -1.95. The summed E-state index contributed by atoms with van der Waals surface area (Å²) in [4.78, 5) is 12.0. The molecule has 1 aromatic carbocycles. The number of aromatic amines is 1. The molecule has 0 bridgehead atoms. The van der Waals surface area contributed by atoms with E-state index in [9.17, 15) is 5.11 Å². The van der Waals surface area contributed by atoms with Gasteiger partial charge in [0.2, 0.25) is 0 Å². The second-order valence-electron chi connectivity index (χ2n) is 3.95. The lowest BCUT2D eigenvalue weighted by atomic mass is 10.2. The van der Waals surface area contributed by atoms with Crippen molar-refractivity contribution in [1.29, 1.82) is 0 Å². The third-order valence-corrected chi connectivity index (χ3v) is 2.74. The topological polar surface area (TPSA) is 73.8 Å². The third-order valence-electron chi connectivity index (χ3n) is 2.74. The van der Waals surface area contributed by atoms with Crippen LogP contribution in [0.4, 0.5) is 5.82 Å². The van der Waals surface area contributed by atoms with Gasteiger partial charge < -0.3 is 15.4 Å². The minimum absolute atomic E-state index is 0.241. The fourth-order valence-corrected chi connectivity index (χ4v) is 1.79. The molecule has 18 heavy (non-hydrogen) atoms. The van der Waals surface area contributed by atoms with Crippen molar-refractivity contribution in [2.24, 2.45) is 0 Å². The van der Waals surface area contributed by atoms with Gasteiger partial charge in [0.1, 0.15) is 17.4 Å². The van der Waals surface area contributed by atoms with E-state index in [0.717, 1.165) is 22.7 Å². The SMILES string of the molecule is CNc1ccc2[nH]c(-c3ccc(O)cc3)nc2n1. The summed E-state index contributed by atoms with van der Waals surface area (Å²) in [6.45, 7) is 0. The highest BCUT2D eigenvalue weighted by molar-refractivity contribution is 5.77. The number of benzene rings is 1. The molecule has 0 amide bonds. The molecule has 0 saturated heterocycles. The van der Waals surface area contributed by atoms with Gasteiger partial charge in [0.15, 0.2) is 5.65 Å². The summed E-state index contributed by atoms with van der Waals surface area (Å²) in [5.74, 6) is 1.77. The van der Waals surface area contributed by atoms with Crippen molar-refractivity contribution in [2.75, 3.05) is 12.4 Å². The fourth-order valence-electron chi connectivity index (χ4n) is 1.79. The maximum atomic E-state index is 9.26. The molecular weight excluding hydrogens is 228 g/mol. The Hall–Kier alpha value is -2.56. The first-order valence-corrected chi connectivity index (χ1v) is 5.60. The molecule has 3 aromatic rings. The number of aromatic nitrogens is 3. The number of aromatic hydroxyl groups is 1. The first kappa shape index (κ1) is 10.6. The van der Waals surface area contributed by atoms with Gasteiger partial charge in [-0.15, -0.1) is 0 Å². The molecule has 0 atom stereocenters. The smallest absolute Gasteiger partial charge is 0.180 e. The highest BCUT2D eigenvalue weighted by atomic mass is 16.3. The van der Waals surface area contributed by atoms with Crippen LogP contribution in [0.3, 0.4) is 0 Å². The van der Waals surface area contributed by atoms with Gasteiger partial charge in [-0.1, -0.05) is 0 Å². The number of anilines is 1. The Morgan fingerprint density at radius 1 is 1.06 bits per heavy atom. The number of hydrogen-bond donors (Lipinski definition) is 3. The largest absolute Gasteiger partial charge is 0.508 e. The summed E-state index contributed by atoms with van der Waals surface area (Å²) in [6, 6.07) is 10.7. The summed E-state index contributed by atoms with van der Waals surface area (Å²) in [7, 11) is 1.82. The molecule has 90 valence electrons. The van der Waals surface area contributed by atoms with Crippen molar-refractivity contribution in [1.82, 2.24) is 15.0 Å². The number of H-pyrrole nitrogens is 1. The molecule has 0 fully saturated rings. The summed E-state index contributed by atoms with van der Waals surface area (Å²) in [5, 5.41) is 12.2. The maximum Gasteiger partial charge on any atom is 0.180 e. The van der Waals surface area contributed by atoms with Crippen molar-refractivity contribution >= 4 is 17.0 Å².